The molecule has 0 aromatic carbocycles. The van der Waals surface area contributed by atoms with Crippen molar-refractivity contribution in [2.75, 3.05) is 0 Å². The van der Waals surface area contributed by atoms with Crippen molar-refractivity contribution in [3.05, 3.63) is 21.0 Å². The average Bonchev–Trinajstić information content (AvgIpc) is 1.50. The molecule has 0 aliphatic rings. The van der Waals surface area contributed by atoms with Gasteiger partial charge in [-0.15, -0.1) is 0 Å². The first-order valence-corrected chi connectivity index (χ1v) is 0.365. The Balaban J connectivity index is -0.0000000133. The molecular formula is N2O3. The Hall–Kier alpha value is -0.840. The lowest BCUT2D eigenvalue weighted by molar-refractivity contribution is 0.686. The molecular weight excluding hydrogens is 76.0 g/mol. The Kier molecular flexibility index (Phi) is 129. The molecule has 0 aliphatic heterocycles. The molecule has 0 bridgehead atoms. The van der Waals surface area contributed by atoms with E-state index in [0.717, 1.165) is 0 Å². The highest BCUT2D eigenvalue weighted by molar-refractivity contribution is 4.07. The Morgan fingerprint density at radius 3 is 0.800 bits per heavy atom. The zero-order chi connectivity index (χ0) is 4.00. The van der Waals surface area contributed by atoms with Crippen LogP contribution in [0.4, 0.5) is 0 Å². The predicted molar refractivity (Wildman–Crippen MR) is 14.1 cm³/mol. The maximum absolute atomic E-state index is 7.25. The first kappa shape index (κ1) is 30.9. The zero-order valence-electron chi connectivity index (χ0n) is 2.12. The fraction of sp³-hybridized carbons (Fsp3) is 0. The molecule has 0 saturated carbocycles. The van der Waals surface area contributed by atoms with Gasteiger partial charge in [0.2, 0.25) is 0 Å². The van der Waals surface area contributed by atoms with E-state index in [1.54, 1.807) is 0 Å². The van der Waals surface area contributed by atoms with Crippen molar-refractivity contribution in [3.8, 4) is 0 Å². The van der Waals surface area contributed by atoms with Crippen LogP contribution in [0.2, 0.25) is 0 Å². The fourth-order valence-corrected chi connectivity index (χ4v) is 0. The van der Waals surface area contributed by atoms with Crippen molar-refractivity contribution >= 4 is 0 Å². The van der Waals surface area contributed by atoms with Gasteiger partial charge in [-0.05, 0) is 0 Å². The van der Waals surface area contributed by atoms with Gasteiger partial charge in [0.25, 0.3) is 0 Å². The summed E-state index contributed by atoms with van der Waals surface area (Å²) in [5, 5.41) is 0. The van der Waals surface area contributed by atoms with Crippen molar-refractivity contribution in [3.63, 3.8) is 0 Å². The lowest BCUT2D eigenvalue weighted by Gasteiger charge is -1.21. The summed E-state index contributed by atoms with van der Waals surface area (Å²) >= 11 is 0. The van der Waals surface area contributed by atoms with Crippen LogP contribution in [0.3, 0.4) is 0 Å². The first-order valence-electron chi connectivity index (χ1n) is 0.365. The number of nitrogens with zero attached hydrogens (tertiary/aromatic N) is 2. The van der Waals surface area contributed by atoms with Crippen LogP contribution in [-0.4, -0.2) is 0 Å². The Morgan fingerprint density at radius 1 is 0.800 bits per heavy atom. The van der Waals surface area contributed by atoms with E-state index in [9.17, 15) is 0 Å². The summed E-state index contributed by atoms with van der Waals surface area (Å²) < 4.78 is 0. The molecule has 0 N–H and O–H groups in total. The summed E-state index contributed by atoms with van der Waals surface area (Å²) in [6, 6.07) is 0. The molecule has 0 spiro atoms. The molecule has 0 atom stereocenters. The Labute approximate surface area is 27.8 Å². The van der Waals surface area contributed by atoms with E-state index in [1.807, 2.05) is 0 Å². The van der Waals surface area contributed by atoms with E-state index in [-0.39, 0.29) is 5.48 Å². The van der Waals surface area contributed by atoms with Gasteiger partial charge in [-0.1, -0.05) is 0 Å². The second-order valence-electron chi connectivity index (χ2n) is 0. The summed E-state index contributed by atoms with van der Waals surface area (Å²) in [6.07, 6.45) is 0. The molecule has 0 aromatic heterocycles. The first-order chi connectivity index (χ1) is 2.00. The van der Waals surface area contributed by atoms with E-state index in [2.05, 4.69) is 0 Å². The molecule has 0 saturated heterocycles. The number of rotatable bonds is 0. The van der Waals surface area contributed by atoms with Crippen molar-refractivity contribution in [1.82, 2.24) is 0 Å². The summed E-state index contributed by atoms with van der Waals surface area (Å²) in [5.41, 5.74) is 11.5. The molecule has 4 radical (unpaired) electrons. The van der Waals surface area contributed by atoms with Gasteiger partial charge in [-0.2, -0.15) is 0 Å². The van der Waals surface area contributed by atoms with Gasteiger partial charge in [-0.25, -0.2) is 0 Å². The minimum Gasteiger partial charge on any atom is -0.577 e. The van der Waals surface area contributed by atoms with Crippen LogP contribution in [0, 0.1) is 9.81 Å². The minimum absolute atomic E-state index is 0. The van der Waals surface area contributed by atoms with Crippen LogP contribution in [0.5, 0.6) is 0 Å². The monoisotopic (exact) mass is 76.0 g/mol. The molecule has 5 nitrogen and oxygen atoms in total. The lowest BCUT2D eigenvalue weighted by atomic mass is 13.8. The quantitative estimate of drug-likeness (QED) is 0.419. The topological polar surface area (TPSA) is 107 Å². The van der Waals surface area contributed by atoms with Crippen molar-refractivity contribution < 1.29 is 5.48 Å². The van der Waals surface area contributed by atoms with Crippen LogP contribution in [0.15, 0.2) is 0 Å². The van der Waals surface area contributed by atoms with Crippen molar-refractivity contribution in [2.24, 2.45) is 0 Å². The molecule has 28 valence electrons. The van der Waals surface area contributed by atoms with Crippen LogP contribution in [0.1, 0.15) is 0 Å². The summed E-state index contributed by atoms with van der Waals surface area (Å²) in [5.74, 6) is 0. The van der Waals surface area contributed by atoms with Gasteiger partial charge in [0.1, 0.15) is 0 Å². The third-order valence-electron chi connectivity index (χ3n) is 0. The molecule has 0 unspecified atom stereocenters. The van der Waals surface area contributed by atoms with Gasteiger partial charge in [0.05, 0.1) is 0 Å². The van der Waals surface area contributed by atoms with Crippen LogP contribution in [-0.2, 0) is 5.48 Å². The Morgan fingerprint density at radius 2 is 0.800 bits per heavy atom. The Bertz CT molecular complexity index is 6.85. The molecule has 0 fully saturated rings. The van der Waals surface area contributed by atoms with E-state index >= 15 is 0 Å². The zero-order valence-corrected chi connectivity index (χ0v) is 2.12. The molecule has 0 aliphatic carbocycles. The van der Waals surface area contributed by atoms with Gasteiger partial charge in [-0.3, -0.25) is 0 Å². The van der Waals surface area contributed by atoms with Crippen molar-refractivity contribution in [2.45, 2.75) is 0 Å². The predicted octanol–water partition coefficient (Wildman–Crippen LogP) is 0.526. The van der Waals surface area contributed by atoms with Gasteiger partial charge in [0.15, 0.2) is 0 Å². The minimum atomic E-state index is 0. The normalized spacial score (nSPS) is 1.60. The molecule has 5 heavy (non-hydrogen) atoms. The van der Waals surface area contributed by atoms with E-state index in [4.69, 9.17) is 21.0 Å². The van der Waals surface area contributed by atoms with Crippen LogP contribution in [0.25, 0.3) is 11.2 Å². The molecule has 0 heterocycles. The number of hydrogen-bond donors (Lipinski definition) is 0. The maximum Gasteiger partial charge on any atom is 2.00 e. The SMILES string of the molecule is [N-]=O.[N-]=O.[O+2]. The number of hydrogen-bond acceptors (Lipinski definition) is 2. The van der Waals surface area contributed by atoms with E-state index < -0.39 is 0 Å². The van der Waals surface area contributed by atoms with E-state index in [1.165, 1.54) is 0 Å². The van der Waals surface area contributed by atoms with E-state index in [0.29, 0.717) is 0 Å². The molecule has 0 rings (SSSR count). The average molecular weight is 76.0 g/mol. The highest BCUT2D eigenvalue weighted by atomic mass is 16.2. The van der Waals surface area contributed by atoms with Crippen LogP contribution >= 0.6 is 0 Å². The summed E-state index contributed by atoms with van der Waals surface area (Å²) in [4.78, 5) is 14.5. The largest absolute Gasteiger partial charge is 2.00 e. The van der Waals surface area contributed by atoms with Gasteiger partial charge in [0, 0.05) is 0 Å². The maximum atomic E-state index is 7.25. The second-order valence-corrected chi connectivity index (χ2v) is 0. The summed E-state index contributed by atoms with van der Waals surface area (Å²) in [7, 11) is 0. The standard InChI is InChI=1S/2NO.O/c2*1-2;/q2*-1;+2. The number of nitroso groups, excluding NO2 is 2. The highest BCUT2D eigenvalue weighted by Crippen LogP contribution is 0.882. The third-order valence-corrected chi connectivity index (χ3v) is 0. The molecule has 0 amide bonds. The fourth-order valence-electron chi connectivity index (χ4n) is 0. The highest BCUT2D eigenvalue weighted by Gasteiger charge is 2.00. The molecule has 0 aromatic rings. The lowest BCUT2D eigenvalue weighted by Crippen LogP contribution is -0.557. The van der Waals surface area contributed by atoms with Gasteiger partial charge >= 0.3 is 5.48 Å². The smallest absolute Gasteiger partial charge is 0.577 e. The second kappa shape index (κ2) is 20.9. The third kappa shape index (κ3) is 6.03. The van der Waals surface area contributed by atoms with Gasteiger partial charge < -0.3 is 21.0 Å². The summed E-state index contributed by atoms with van der Waals surface area (Å²) in [6.45, 7) is 0. The van der Waals surface area contributed by atoms with Crippen molar-refractivity contribution in [1.29, 1.82) is 0 Å². The molecule has 5 heteroatoms. The van der Waals surface area contributed by atoms with Crippen LogP contribution < -0.4 is 0 Å².